The van der Waals surface area contributed by atoms with E-state index < -0.39 is 0 Å². The molecule has 0 atom stereocenters. The summed E-state index contributed by atoms with van der Waals surface area (Å²) in [5.41, 5.74) is 2.37. The number of amides is 1. The van der Waals surface area contributed by atoms with Crippen LogP contribution in [0.15, 0.2) is 47.0 Å². The molecule has 1 aromatic heterocycles. The third-order valence-corrected chi connectivity index (χ3v) is 4.99. The highest BCUT2D eigenvalue weighted by atomic mass is 35.5. The average molecular weight is 383 g/mol. The monoisotopic (exact) mass is 382 g/mol. The van der Waals surface area contributed by atoms with Gasteiger partial charge in [-0.1, -0.05) is 28.9 Å². The molecule has 2 heterocycles. The molecule has 0 saturated heterocycles. The second-order valence-corrected chi connectivity index (χ2v) is 6.96. The molecule has 2 aliphatic rings. The molecule has 6 nitrogen and oxygen atoms in total. The summed E-state index contributed by atoms with van der Waals surface area (Å²) in [6.45, 7) is 0.181. The van der Waals surface area contributed by atoms with Crippen molar-refractivity contribution in [3.05, 3.63) is 58.7 Å². The van der Waals surface area contributed by atoms with Crippen LogP contribution in [0, 0.1) is 0 Å². The normalized spacial score (nSPS) is 15.0. The Labute approximate surface area is 160 Å². The number of nitrogens with zero attached hydrogens (tertiary/aromatic N) is 1. The number of ether oxygens (including phenoxy) is 2. The van der Waals surface area contributed by atoms with E-state index >= 15 is 0 Å². The Morgan fingerprint density at radius 1 is 1.11 bits per heavy atom. The zero-order valence-electron chi connectivity index (χ0n) is 14.2. The average Bonchev–Trinajstić information content (AvgIpc) is 3.24. The summed E-state index contributed by atoms with van der Waals surface area (Å²) in [4.78, 5) is 13.1. The minimum atomic E-state index is -0.285. The maximum Gasteiger partial charge on any atom is 0.261 e. The van der Waals surface area contributed by atoms with Gasteiger partial charge in [-0.2, -0.15) is 0 Å². The van der Waals surface area contributed by atoms with Gasteiger partial charge >= 0.3 is 0 Å². The van der Waals surface area contributed by atoms with E-state index in [2.05, 4.69) is 10.5 Å². The zero-order valence-corrected chi connectivity index (χ0v) is 15.0. The number of aromatic nitrogens is 1. The largest absolute Gasteiger partial charge is 0.454 e. The van der Waals surface area contributed by atoms with Crippen LogP contribution in [0.2, 0.25) is 5.02 Å². The summed E-state index contributed by atoms with van der Waals surface area (Å²) in [5.74, 6) is 1.62. The Balaban J connectivity index is 1.52. The fourth-order valence-electron chi connectivity index (χ4n) is 3.15. The fourth-order valence-corrected chi connectivity index (χ4v) is 3.38. The quantitative estimate of drug-likeness (QED) is 0.698. The molecule has 27 heavy (non-hydrogen) atoms. The molecule has 3 aromatic rings. The smallest absolute Gasteiger partial charge is 0.261 e. The van der Waals surface area contributed by atoms with Gasteiger partial charge in [-0.05, 0) is 37.1 Å². The van der Waals surface area contributed by atoms with Gasteiger partial charge in [-0.3, -0.25) is 4.79 Å². The SMILES string of the molecule is O=C(Nc1ccc2c(c1)OCO2)c1c(C2CC2)noc1-c1ccccc1Cl. The van der Waals surface area contributed by atoms with E-state index in [0.717, 1.165) is 12.8 Å². The van der Waals surface area contributed by atoms with Crippen molar-refractivity contribution in [1.29, 1.82) is 0 Å². The van der Waals surface area contributed by atoms with Crippen molar-refractivity contribution in [3.8, 4) is 22.8 Å². The van der Waals surface area contributed by atoms with Crippen molar-refractivity contribution in [1.82, 2.24) is 5.16 Å². The Hall–Kier alpha value is -2.99. The van der Waals surface area contributed by atoms with Crippen molar-refractivity contribution in [3.63, 3.8) is 0 Å². The molecule has 1 fully saturated rings. The predicted octanol–water partition coefficient (Wildman–Crippen LogP) is 4.85. The van der Waals surface area contributed by atoms with Gasteiger partial charge < -0.3 is 19.3 Å². The molecule has 1 aliphatic heterocycles. The summed E-state index contributed by atoms with van der Waals surface area (Å²) in [6, 6.07) is 12.5. The number of benzene rings is 2. The van der Waals surface area contributed by atoms with E-state index in [9.17, 15) is 4.79 Å². The fraction of sp³-hybridized carbons (Fsp3) is 0.200. The lowest BCUT2D eigenvalue weighted by molar-refractivity contribution is 0.102. The first-order valence-electron chi connectivity index (χ1n) is 8.66. The molecule has 5 rings (SSSR count). The molecule has 1 amide bonds. The predicted molar refractivity (Wildman–Crippen MR) is 99.4 cm³/mol. The standard InChI is InChI=1S/C20H15ClN2O4/c21-14-4-2-1-3-13(14)19-17(18(23-27-19)11-5-6-11)20(24)22-12-7-8-15-16(9-12)26-10-25-15/h1-4,7-9,11H,5-6,10H2,(H,22,24). The number of halogens is 1. The van der Waals surface area contributed by atoms with Crippen LogP contribution >= 0.6 is 11.6 Å². The van der Waals surface area contributed by atoms with E-state index in [1.165, 1.54) is 0 Å². The molecule has 136 valence electrons. The third-order valence-electron chi connectivity index (χ3n) is 4.66. The highest BCUT2D eigenvalue weighted by Crippen LogP contribution is 2.44. The lowest BCUT2D eigenvalue weighted by Gasteiger charge is -2.08. The lowest BCUT2D eigenvalue weighted by Crippen LogP contribution is -2.14. The van der Waals surface area contributed by atoms with Gasteiger partial charge in [0.2, 0.25) is 6.79 Å². The number of rotatable bonds is 4. The van der Waals surface area contributed by atoms with E-state index in [1.54, 1.807) is 24.3 Å². The number of carbonyl (C=O) groups excluding carboxylic acids is 1. The van der Waals surface area contributed by atoms with E-state index in [0.29, 0.717) is 44.8 Å². The number of hydrogen-bond acceptors (Lipinski definition) is 5. The first kappa shape index (κ1) is 16.2. The Morgan fingerprint density at radius 3 is 2.74 bits per heavy atom. The highest BCUT2D eigenvalue weighted by molar-refractivity contribution is 6.33. The van der Waals surface area contributed by atoms with Gasteiger partial charge in [-0.25, -0.2) is 0 Å². The third kappa shape index (κ3) is 2.92. The number of nitrogens with one attached hydrogen (secondary N) is 1. The molecule has 0 unspecified atom stereocenters. The number of anilines is 1. The van der Waals surface area contributed by atoms with Crippen LogP contribution in [0.5, 0.6) is 11.5 Å². The van der Waals surface area contributed by atoms with E-state index in [1.807, 2.05) is 18.2 Å². The minimum absolute atomic E-state index is 0.181. The Kier molecular flexibility index (Phi) is 3.79. The molecule has 0 radical (unpaired) electrons. The van der Waals surface area contributed by atoms with Crippen LogP contribution in [-0.2, 0) is 0 Å². The second-order valence-electron chi connectivity index (χ2n) is 6.55. The van der Waals surface area contributed by atoms with Crippen molar-refractivity contribution in [2.75, 3.05) is 12.1 Å². The molecule has 7 heteroatoms. The minimum Gasteiger partial charge on any atom is -0.454 e. The number of fused-ring (bicyclic) bond motifs is 1. The van der Waals surface area contributed by atoms with Gasteiger partial charge in [0.15, 0.2) is 17.3 Å². The maximum absolute atomic E-state index is 13.1. The van der Waals surface area contributed by atoms with Crippen molar-refractivity contribution in [2.24, 2.45) is 0 Å². The first-order valence-corrected chi connectivity index (χ1v) is 9.04. The van der Waals surface area contributed by atoms with Gasteiger partial charge in [-0.15, -0.1) is 0 Å². The van der Waals surface area contributed by atoms with Gasteiger partial charge in [0.1, 0.15) is 11.3 Å². The summed E-state index contributed by atoms with van der Waals surface area (Å²) in [5, 5.41) is 7.59. The first-order chi connectivity index (χ1) is 13.2. The van der Waals surface area contributed by atoms with Crippen molar-refractivity contribution < 1.29 is 18.8 Å². The Morgan fingerprint density at radius 2 is 1.93 bits per heavy atom. The molecule has 1 N–H and O–H groups in total. The summed E-state index contributed by atoms with van der Waals surface area (Å²) in [6.07, 6.45) is 2.00. The highest BCUT2D eigenvalue weighted by Gasteiger charge is 2.35. The molecular weight excluding hydrogens is 368 g/mol. The molecular formula is C20H15ClN2O4. The molecule has 2 aromatic carbocycles. The van der Waals surface area contributed by atoms with Crippen LogP contribution in [-0.4, -0.2) is 17.9 Å². The van der Waals surface area contributed by atoms with Crippen LogP contribution in [0.1, 0.15) is 34.8 Å². The van der Waals surface area contributed by atoms with Crippen LogP contribution in [0.3, 0.4) is 0 Å². The van der Waals surface area contributed by atoms with Gasteiger partial charge in [0.25, 0.3) is 5.91 Å². The molecule has 0 bridgehead atoms. The van der Waals surface area contributed by atoms with E-state index in [-0.39, 0.29) is 18.6 Å². The Bertz CT molecular complexity index is 1040. The van der Waals surface area contributed by atoms with Gasteiger partial charge in [0, 0.05) is 23.2 Å². The zero-order chi connectivity index (χ0) is 18.4. The number of carbonyl (C=O) groups is 1. The maximum atomic E-state index is 13.1. The van der Waals surface area contributed by atoms with Crippen molar-refractivity contribution >= 4 is 23.2 Å². The molecule has 0 spiro atoms. The van der Waals surface area contributed by atoms with E-state index in [4.69, 9.17) is 25.6 Å². The topological polar surface area (TPSA) is 73.6 Å². The second kappa shape index (κ2) is 6.32. The lowest BCUT2D eigenvalue weighted by atomic mass is 10.0. The van der Waals surface area contributed by atoms with Crippen LogP contribution in [0.4, 0.5) is 5.69 Å². The summed E-state index contributed by atoms with van der Waals surface area (Å²) >= 11 is 6.31. The summed E-state index contributed by atoms with van der Waals surface area (Å²) in [7, 11) is 0. The van der Waals surface area contributed by atoms with Crippen molar-refractivity contribution in [2.45, 2.75) is 18.8 Å². The number of hydrogen-bond donors (Lipinski definition) is 1. The van der Waals surface area contributed by atoms with Gasteiger partial charge in [0.05, 0.1) is 5.02 Å². The summed E-state index contributed by atoms with van der Waals surface area (Å²) < 4.78 is 16.2. The van der Waals surface area contributed by atoms with Crippen LogP contribution < -0.4 is 14.8 Å². The molecule has 1 aliphatic carbocycles. The molecule has 1 saturated carbocycles. The van der Waals surface area contributed by atoms with Crippen LogP contribution in [0.25, 0.3) is 11.3 Å².